The molecule has 3 N–H and O–H groups in total. The third-order valence-corrected chi connectivity index (χ3v) is 4.13. The average molecular weight is 413 g/mol. The van der Waals surface area contributed by atoms with Crippen molar-refractivity contribution < 1.29 is 29.1 Å². The minimum atomic E-state index is -0.919. The average Bonchev–Trinajstić information content (AvgIpc) is 2.73. The van der Waals surface area contributed by atoms with Gasteiger partial charge in [-0.15, -0.1) is 0 Å². The molecule has 0 heterocycles. The molecule has 158 valence electrons. The maximum absolute atomic E-state index is 12.3. The van der Waals surface area contributed by atoms with Gasteiger partial charge in [0.05, 0.1) is 12.8 Å². The normalized spacial score (nSPS) is 11.9. The predicted octanol–water partition coefficient (Wildman–Crippen LogP) is 2.72. The summed E-state index contributed by atoms with van der Waals surface area (Å²) in [7, 11) is 1.24. The van der Waals surface area contributed by atoms with E-state index in [0.717, 1.165) is 5.56 Å². The van der Waals surface area contributed by atoms with Crippen LogP contribution in [0.5, 0.6) is 5.75 Å². The number of hydrogen-bond donors (Lipinski definition) is 3. The highest BCUT2D eigenvalue weighted by Gasteiger charge is 2.22. The standard InChI is InChI=1S/C21H23N3O6/c1-13(24-28)16-6-8-17(9-7-16)22-21(27)23-19(20(26)29-3)12-15-4-10-18(11-5-15)30-14(2)25/h4-11,19,28H,12H2,1-3H3,(H2,22,23,27)/b24-13+. The molecule has 30 heavy (non-hydrogen) atoms. The van der Waals surface area contributed by atoms with Crippen molar-refractivity contribution in [3.05, 3.63) is 59.7 Å². The van der Waals surface area contributed by atoms with Gasteiger partial charge in [-0.3, -0.25) is 4.79 Å². The lowest BCUT2D eigenvalue weighted by Gasteiger charge is -2.17. The number of carbonyl (C=O) groups excluding carboxylic acids is 3. The molecular weight excluding hydrogens is 390 g/mol. The van der Waals surface area contributed by atoms with Crippen LogP contribution in [0.15, 0.2) is 53.7 Å². The van der Waals surface area contributed by atoms with Gasteiger partial charge in [-0.1, -0.05) is 29.4 Å². The second-order valence-corrected chi connectivity index (χ2v) is 6.38. The lowest BCUT2D eigenvalue weighted by molar-refractivity contribution is -0.142. The van der Waals surface area contributed by atoms with E-state index in [4.69, 9.17) is 14.7 Å². The Hall–Kier alpha value is -3.88. The zero-order chi connectivity index (χ0) is 22.1. The number of anilines is 1. The molecule has 0 aliphatic rings. The quantitative estimate of drug-likeness (QED) is 0.211. The van der Waals surface area contributed by atoms with E-state index < -0.39 is 24.0 Å². The number of carbonyl (C=O) groups is 3. The van der Waals surface area contributed by atoms with Gasteiger partial charge in [0, 0.05) is 19.0 Å². The Bertz CT molecular complexity index is 923. The van der Waals surface area contributed by atoms with Gasteiger partial charge in [0.2, 0.25) is 0 Å². The maximum Gasteiger partial charge on any atom is 0.328 e. The van der Waals surface area contributed by atoms with Crippen LogP contribution < -0.4 is 15.4 Å². The molecule has 0 saturated heterocycles. The first-order valence-corrected chi connectivity index (χ1v) is 9.04. The van der Waals surface area contributed by atoms with Crippen LogP contribution in [0.25, 0.3) is 0 Å². The Morgan fingerprint density at radius 3 is 2.20 bits per heavy atom. The van der Waals surface area contributed by atoms with Crippen molar-refractivity contribution in [2.75, 3.05) is 12.4 Å². The number of urea groups is 1. The summed E-state index contributed by atoms with van der Waals surface area (Å²) in [6.07, 6.45) is 0.186. The van der Waals surface area contributed by atoms with E-state index in [-0.39, 0.29) is 6.42 Å². The van der Waals surface area contributed by atoms with E-state index in [0.29, 0.717) is 22.7 Å². The number of amides is 2. The lowest BCUT2D eigenvalue weighted by Crippen LogP contribution is -2.45. The zero-order valence-corrected chi connectivity index (χ0v) is 16.8. The van der Waals surface area contributed by atoms with Crippen LogP contribution in [0.4, 0.5) is 10.5 Å². The van der Waals surface area contributed by atoms with Gasteiger partial charge >= 0.3 is 18.0 Å². The van der Waals surface area contributed by atoms with Crippen LogP contribution in [0, 0.1) is 0 Å². The summed E-state index contributed by atoms with van der Waals surface area (Å²) in [6.45, 7) is 2.95. The fourth-order valence-electron chi connectivity index (χ4n) is 2.61. The number of methoxy groups -OCH3 is 1. The van der Waals surface area contributed by atoms with Gasteiger partial charge in [0.25, 0.3) is 0 Å². The van der Waals surface area contributed by atoms with E-state index >= 15 is 0 Å². The topological polar surface area (TPSA) is 126 Å². The molecule has 2 aromatic carbocycles. The molecular formula is C21H23N3O6. The molecule has 0 spiro atoms. The Balaban J connectivity index is 2.02. The first kappa shape index (κ1) is 22.4. The van der Waals surface area contributed by atoms with E-state index in [9.17, 15) is 14.4 Å². The molecule has 2 amide bonds. The predicted molar refractivity (Wildman–Crippen MR) is 110 cm³/mol. The molecule has 0 aromatic heterocycles. The minimum Gasteiger partial charge on any atom is -0.467 e. The summed E-state index contributed by atoms with van der Waals surface area (Å²) in [5.74, 6) is -0.642. The number of nitrogens with zero attached hydrogens (tertiary/aromatic N) is 1. The first-order chi connectivity index (χ1) is 14.3. The molecule has 2 aromatic rings. The van der Waals surface area contributed by atoms with E-state index in [1.165, 1.54) is 14.0 Å². The highest BCUT2D eigenvalue weighted by atomic mass is 16.5. The Labute approximate surface area is 173 Å². The third-order valence-electron chi connectivity index (χ3n) is 4.13. The van der Waals surface area contributed by atoms with E-state index in [2.05, 4.69) is 15.8 Å². The van der Waals surface area contributed by atoms with Crippen LogP contribution in [-0.2, 0) is 20.7 Å². The fraction of sp³-hybridized carbons (Fsp3) is 0.238. The maximum atomic E-state index is 12.3. The molecule has 1 unspecified atom stereocenters. The molecule has 9 heteroatoms. The van der Waals surface area contributed by atoms with Gasteiger partial charge in [-0.2, -0.15) is 0 Å². The van der Waals surface area contributed by atoms with Crippen LogP contribution in [0.2, 0.25) is 0 Å². The summed E-state index contributed by atoms with van der Waals surface area (Å²) in [5.41, 5.74) is 2.38. The molecule has 0 fully saturated rings. The van der Waals surface area contributed by atoms with Crippen molar-refractivity contribution in [1.29, 1.82) is 0 Å². The molecule has 0 aliphatic carbocycles. The number of esters is 2. The molecule has 9 nitrogen and oxygen atoms in total. The van der Waals surface area contributed by atoms with Crippen molar-refractivity contribution in [2.45, 2.75) is 26.3 Å². The van der Waals surface area contributed by atoms with Gasteiger partial charge in [0.15, 0.2) is 0 Å². The molecule has 0 bridgehead atoms. The van der Waals surface area contributed by atoms with Crippen molar-refractivity contribution in [2.24, 2.45) is 5.16 Å². The summed E-state index contributed by atoms with van der Waals surface area (Å²) in [4.78, 5) is 35.4. The van der Waals surface area contributed by atoms with E-state index in [1.54, 1.807) is 55.5 Å². The van der Waals surface area contributed by atoms with Crippen molar-refractivity contribution >= 4 is 29.4 Å². The second kappa shape index (κ2) is 10.6. The molecule has 0 aliphatic heterocycles. The first-order valence-electron chi connectivity index (χ1n) is 9.04. The summed E-state index contributed by atoms with van der Waals surface area (Å²) in [6, 6.07) is 11.7. The van der Waals surface area contributed by atoms with Crippen LogP contribution in [0.1, 0.15) is 25.0 Å². The lowest BCUT2D eigenvalue weighted by atomic mass is 10.1. The Morgan fingerprint density at radius 1 is 1.03 bits per heavy atom. The van der Waals surface area contributed by atoms with Crippen LogP contribution in [0.3, 0.4) is 0 Å². The second-order valence-electron chi connectivity index (χ2n) is 6.38. The van der Waals surface area contributed by atoms with Gasteiger partial charge < -0.3 is 25.3 Å². The van der Waals surface area contributed by atoms with Gasteiger partial charge in [-0.25, -0.2) is 9.59 Å². The van der Waals surface area contributed by atoms with E-state index in [1.807, 2.05) is 0 Å². The third kappa shape index (κ3) is 6.62. The monoisotopic (exact) mass is 413 g/mol. The van der Waals surface area contributed by atoms with Crippen LogP contribution >= 0.6 is 0 Å². The number of nitrogens with one attached hydrogen (secondary N) is 2. The summed E-state index contributed by atoms with van der Waals surface area (Å²) in [5, 5.41) is 17.1. The summed E-state index contributed by atoms with van der Waals surface area (Å²) >= 11 is 0. The zero-order valence-electron chi connectivity index (χ0n) is 16.8. The van der Waals surface area contributed by atoms with Crippen molar-refractivity contribution in [1.82, 2.24) is 5.32 Å². The van der Waals surface area contributed by atoms with Crippen molar-refractivity contribution in [3.63, 3.8) is 0 Å². The molecule has 0 saturated carbocycles. The largest absolute Gasteiger partial charge is 0.467 e. The Morgan fingerprint density at radius 2 is 1.67 bits per heavy atom. The number of rotatable bonds is 7. The SMILES string of the molecule is COC(=O)C(Cc1ccc(OC(C)=O)cc1)NC(=O)Nc1ccc(/C(C)=N/O)cc1. The highest BCUT2D eigenvalue weighted by molar-refractivity contribution is 5.99. The number of hydrogen-bond acceptors (Lipinski definition) is 7. The van der Waals surface area contributed by atoms with Crippen molar-refractivity contribution in [3.8, 4) is 5.75 Å². The van der Waals surface area contributed by atoms with Crippen LogP contribution in [-0.4, -0.2) is 42.0 Å². The highest BCUT2D eigenvalue weighted by Crippen LogP contribution is 2.15. The number of oxime groups is 1. The number of benzene rings is 2. The molecule has 1 atom stereocenters. The Kier molecular flexibility index (Phi) is 7.92. The molecule has 2 rings (SSSR count). The number of ether oxygens (including phenoxy) is 2. The fourth-order valence-corrected chi connectivity index (χ4v) is 2.61. The van der Waals surface area contributed by atoms with Gasteiger partial charge in [0.1, 0.15) is 11.8 Å². The summed E-state index contributed by atoms with van der Waals surface area (Å²) < 4.78 is 9.75. The minimum absolute atomic E-state index is 0.186. The smallest absolute Gasteiger partial charge is 0.328 e. The molecule has 0 radical (unpaired) electrons. The van der Waals surface area contributed by atoms with Gasteiger partial charge in [-0.05, 0) is 42.3 Å².